The van der Waals surface area contributed by atoms with E-state index in [0.29, 0.717) is 6.61 Å². The second kappa shape index (κ2) is 9.98. The maximum atomic E-state index is 13.1. The van der Waals surface area contributed by atoms with Crippen molar-refractivity contribution >= 4 is 31.9 Å². The maximum absolute atomic E-state index is 13.1. The maximum Gasteiger partial charge on any atom is 0.243 e. The quantitative estimate of drug-likeness (QED) is 0.631. The third-order valence-corrected chi connectivity index (χ3v) is 6.13. The number of hydrogen-bond acceptors (Lipinski definition) is 4. The van der Waals surface area contributed by atoms with E-state index >= 15 is 0 Å². The molecule has 2 rings (SSSR count). The Hall–Kier alpha value is -1.74. The van der Waals surface area contributed by atoms with Crippen molar-refractivity contribution in [1.29, 1.82) is 0 Å². The number of nitrogens with zero attached hydrogens (tertiary/aromatic N) is 1. The van der Waals surface area contributed by atoms with Crippen LogP contribution < -0.4 is 5.32 Å². The van der Waals surface area contributed by atoms with Crippen LogP contribution in [0.15, 0.2) is 64.0 Å². The Morgan fingerprint density at radius 2 is 1.78 bits per heavy atom. The lowest BCUT2D eigenvalue weighted by molar-refractivity contribution is -0.122. The number of halogens is 1. The molecule has 27 heavy (non-hydrogen) atoms. The second-order valence-corrected chi connectivity index (χ2v) is 8.99. The summed E-state index contributed by atoms with van der Waals surface area (Å²) < 4.78 is 33.2. The lowest BCUT2D eigenvalue weighted by Crippen LogP contribution is -2.44. The third-order valence-electron chi connectivity index (χ3n) is 3.80. The molecule has 0 aliphatic rings. The highest BCUT2D eigenvalue weighted by Gasteiger charge is 2.27. The number of nitrogens with one attached hydrogen (secondary N) is 1. The Balaban J connectivity index is 2.25. The first kappa shape index (κ1) is 21.6. The van der Waals surface area contributed by atoms with E-state index in [4.69, 9.17) is 4.74 Å². The van der Waals surface area contributed by atoms with Gasteiger partial charge in [-0.3, -0.25) is 4.79 Å². The Morgan fingerprint density at radius 3 is 2.37 bits per heavy atom. The summed E-state index contributed by atoms with van der Waals surface area (Å²) in [4.78, 5) is 12.5. The van der Waals surface area contributed by atoms with Gasteiger partial charge in [0.1, 0.15) is 0 Å². The van der Waals surface area contributed by atoms with E-state index in [2.05, 4.69) is 21.2 Å². The van der Waals surface area contributed by atoms with Crippen LogP contribution in [0.1, 0.15) is 12.5 Å². The minimum Gasteiger partial charge on any atom is -0.383 e. The highest BCUT2D eigenvalue weighted by Crippen LogP contribution is 2.19. The summed E-state index contributed by atoms with van der Waals surface area (Å²) >= 11 is 3.36. The first-order valence-electron chi connectivity index (χ1n) is 8.41. The van der Waals surface area contributed by atoms with E-state index in [0.717, 1.165) is 10.0 Å². The first-order chi connectivity index (χ1) is 12.8. The summed E-state index contributed by atoms with van der Waals surface area (Å²) in [7, 11) is -2.28. The fourth-order valence-electron chi connectivity index (χ4n) is 2.53. The molecule has 2 aromatic carbocycles. The van der Waals surface area contributed by atoms with Gasteiger partial charge in [0.25, 0.3) is 0 Å². The van der Waals surface area contributed by atoms with E-state index < -0.39 is 10.0 Å². The van der Waals surface area contributed by atoms with Crippen molar-refractivity contribution in [2.75, 3.05) is 20.3 Å². The number of benzene rings is 2. The molecule has 0 spiro atoms. The Labute approximate surface area is 168 Å². The standard InChI is InChI=1S/C19H23BrN2O4S/c1-15(14-26-2)21-19(23)13-22(12-16-8-10-17(20)11-9-16)27(24,25)18-6-4-3-5-7-18/h3-11,15H,12-14H2,1-2H3,(H,21,23)/t15-/m0/s1. The van der Waals surface area contributed by atoms with E-state index in [-0.39, 0.29) is 29.9 Å². The lowest BCUT2D eigenvalue weighted by Gasteiger charge is -2.23. The summed E-state index contributed by atoms with van der Waals surface area (Å²) in [5.41, 5.74) is 0.787. The van der Waals surface area contributed by atoms with Crippen LogP contribution in [0.2, 0.25) is 0 Å². The average Bonchev–Trinajstić information content (AvgIpc) is 2.63. The fourth-order valence-corrected chi connectivity index (χ4v) is 4.20. The predicted molar refractivity (Wildman–Crippen MR) is 108 cm³/mol. The molecule has 0 unspecified atom stereocenters. The van der Waals surface area contributed by atoms with Gasteiger partial charge in [-0.2, -0.15) is 4.31 Å². The van der Waals surface area contributed by atoms with Crippen LogP contribution >= 0.6 is 15.9 Å². The number of amides is 1. The van der Waals surface area contributed by atoms with Gasteiger partial charge in [-0.1, -0.05) is 46.3 Å². The molecular weight excluding hydrogens is 432 g/mol. The molecule has 0 radical (unpaired) electrons. The topological polar surface area (TPSA) is 75.7 Å². The van der Waals surface area contributed by atoms with Crippen molar-refractivity contribution in [1.82, 2.24) is 9.62 Å². The molecule has 0 saturated carbocycles. The molecule has 0 heterocycles. The monoisotopic (exact) mass is 454 g/mol. The molecule has 146 valence electrons. The Bertz CT molecular complexity index is 842. The minimum atomic E-state index is -3.82. The molecule has 0 aromatic heterocycles. The number of carbonyl (C=O) groups excluding carboxylic acids is 1. The summed E-state index contributed by atoms with van der Waals surface area (Å²) in [6.45, 7) is 1.97. The zero-order valence-corrected chi connectivity index (χ0v) is 17.7. The normalized spacial score (nSPS) is 12.7. The molecule has 0 saturated heterocycles. The highest BCUT2D eigenvalue weighted by molar-refractivity contribution is 9.10. The van der Waals surface area contributed by atoms with Gasteiger partial charge in [-0.15, -0.1) is 0 Å². The van der Waals surface area contributed by atoms with Crippen LogP contribution in [0, 0.1) is 0 Å². The zero-order chi connectivity index (χ0) is 19.9. The van der Waals surface area contributed by atoms with Crippen molar-refractivity contribution in [3.63, 3.8) is 0 Å². The Morgan fingerprint density at radius 1 is 1.15 bits per heavy atom. The molecule has 0 bridgehead atoms. The van der Waals surface area contributed by atoms with Gasteiger partial charge in [-0.25, -0.2) is 8.42 Å². The average molecular weight is 455 g/mol. The molecule has 0 aliphatic heterocycles. The molecule has 1 amide bonds. The highest BCUT2D eigenvalue weighted by atomic mass is 79.9. The number of methoxy groups -OCH3 is 1. The summed E-state index contributed by atoms with van der Waals surface area (Å²) in [5.74, 6) is -0.379. The van der Waals surface area contributed by atoms with E-state index in [1.807, 2.05) is 24.3 Å². The summed E-state index contributed by atoms with van der Waals surface area (Å²) in [5, 5.41) is 2.75. The van der Waals surface area contributed by atoms with Gasteiger partial charge in [0.15, 0.2) is 0 Å². The largest absolute Gasteiger partial charge is 0.383 e. The smallest absolute Gasteiger partial charge is 0.243 e. The van der Waals surface area contributed by atoms with Gasteiger partial charge in [0.05, 0.1) is 18.0 Å². The summed E-state index contributed by atoms with van der Waals surface area (Å²) in [6, 6.07) is 15.2. The van der Waals surface area contributed by atoms with Gasteiger partial charge < -0.3 is 10.1 Å². The molecule has 8 heteroatoms. The number of ether oxygens (including phenoxy) is 1. The summed E-state index contributed by atoms with van der Waals surface area (Å²) in [6.07, 6.45) is 0. The number of rotatable bonds is 9. The van der Waals surface area contributed by atoms with Crippen LogP contribution in [-0.2, 0) is 26.1 Å². The predicted octanol–water partition coefficient (Wildman–Crippen LogP) is 2.79. The first-order valence-corrected chi connectivity index (χ1v) is 10.6. The van der Waals surface area contributed by atoms with E-state index in [9.17, 15) is 13.2 Å². The molecule has 6 nitrogen and oxygen atoms in total. The number of hydrogen-bond donors (Lipinski definition) is 1. The van der Waals surface area contributed by atoms with Crippen LogP contribution in [-0.4, -0.2) is 44.9 Å². The Kier molecular flexibility index (Phi) is 7.97. The van der Waals surface area contributed by atoms with E-state index in [1.54, 1.807) is 32.2 Å². The molecule has 0 fully saturated rings. The van der Waals surface area contributed by atoms with Gasteiger partial charge >= 0.3 is 0 Å². The van der Waals surface area contributed by atoms with Crippen LogP contribution in [0.25, 0.3) is 0 Å². The van der Waals surface area contributed by atoms with Crippen molar-refractivity contribution in [3.05, 3.63) is 64.6 Å². The van der Waals surface area contributed by atoms with Gasteiger partial charge in [0.2, 0.25) is 15.9 Å². The minimum absolute atomic E-state index is 0.0938. The van der Waals surface area contributed by atoms with Crippen molar-refractivity contribution in [2.45, 2.75) is 24.4 Å². The van der Waals surface area contributed by atoms with Crippen molar-refractivity contribution in [3.8, 4) is 0 Å². The molecular formula is C19H23BrN2O4S. The molecule has 1 N–H and O–H groups in total. The van der Waals surface area contributed by atoms with Crippen molar-refractivity contribution < 1.29 is 17.9 Å². The van der Waals surface area contributed by atoms with Crippen molar-refractivity contribution in [2.24, 2.45) is 0 Å². The second-order valence-electron chi connectivity index (χ2n) is 6.14. The van der Waals surface area contributed by atoms with Gasteiger partial charge in [-0.05, 0) is 36.8 Å². The van der Waals surface area contributed by atoms with Gasteiger partial charge in [0, 0.05) is 24.2 Å². The molecule has 2 aromatic rings. The third kappa shape index (κ3) is 6.42. The number of carbonyl (C=O) groups is 1. The lowest BCUT2D eigenvalue weighted by atomic mass is 10.2. The van der Waals surface area contributed by atoms with Crippen LogP contribution in [0.3, 0.4) is 0 Å². The number of sulfonamides is 1. The van der Waals surface area contributed by atoms with E-state index in [1.165, 1.54) is 16.4 Å². The SMILES string of the molecule is COC[C@H](C)NC(=O)CN(Cc1ccc(Br)cc1)S(=O)(=O)c1ccccc1. The van der Waals surface area contributed by atoms with Crippen LogP contribution in [0.4, 0.5) is 0 Å². The molecule has 0 aliphatic carbocycles. The van der Waals surface area contributed by atoms with Crippen LogP contribution in [0.5, 0.6) is 0 Å². The fraction of sp³-hybridized carbons (Fsp3) is 0.316. The zero-order valence-electron chi connectivity index (χ0n) is 15.3. The molecule has 1 atom stereocenters.